The van der Waals surface area contributed by atoms with E-state index >= 15 is 0 Å². The number of methoxy groups -OCH3 is 1. The number of benzene rings is 1. The Kier molecular flexibility index (Phi) is 3.67. The zero-order chi connectivity index (χ0) is 13.9. The normalized spacial score (nSPS) is 21.1. The van der Waals surface area contributed by atoms with Gasteiger partial charge in [0.2, 0.25) is 0 Å². The van der Waals surface area contributed by atoms with Gasteiger partial charge >= 0.3 is 6.03 Å². The SMILES string of the molecule is COc1cccc2c1OC[C@@H](NC(=O)N1CCCC1)C2. The highest BCUT2D eigenvalue weighted by molar-refractivity contribution is 5.75. The predicted molar refractivity (Wildman–Crippen MR) is 75.3 cm³/mol. The summed E-state index contributed by atoms with van der Waals surface area (Å²) in [5, 5.41) is 3.06. The van der Waals surface area contributed by atoms with Crippen LogP contribution in [0.15, 0.2) is 18.2 Å². The van der Waals surface area contributed by atoms with Crippen LogP contribution in [0.25, 0.3) is 0 Å². The van der Waals surface area contributed by atoms with Crippen LogP contribution >= 0.6 is 0 Å². The molecule has 2 aliphatic rings. The molecule has 1 aromatic rings. The van der Waals surface area contributed by atoms with Crippen LogP contribution in [0.4, 0.5) is 4.79 Å². The zero-order valence-electron chi connectivity index (χ0n) is 11.7. The molecule has 0 saturated carbocycles. The summed E-state index contributed by atoms with van der Waals surface area (Å²) in [6, 6.07) is 5.92. The summed E-state index contributed by atoms with van der Waals surface area (Å²) in [6.45, 7) is 2.22. The third-order valence-corrected chi connectivity index (χ3v) is 3.90. The number of ether oxygens (including phenoxy) is 2. The average molecular weight is 276 g/mol. The molecule has 1 atom stereocenters. The van der Waals surface area contributed by atoms with Crippen molar-refractivity contribution in [2.45, 2.75) is 25.3 Å². The smallest absolute Gasteiger partial charge is 0.317 e. The average Bonchev–Trinajstić information content (AvgIpc) is 3.00. The standard InChI is InChI=1S/C15H20N2O3/c1-19-13-6-4-5-11-9-12(10-20-14(11)13)16-15(18)17-7-2-3-8-17/h4-6,12H,2-3,7-10H2,1H3,(H,16,18)/t12-/m0/s1. The Labute approximate surface area is 118 Å². The lowest BCUT2D eigenvalue weighted by molar-refractivity contribution is 0.187. The Balaban J connectivity index is 1.65. The number of para-hydroxylation sites is 1. The van der Waals surface area contributed by atoms with Gasteiger partial charge in [0.1, 0.15) is 6.61 Å². The number of likely N-dealkylation sites (tertiary alicyclic amines) is 1. The van der Waals surface area contributed by atoms with E-state index in [0.29, 0.717) is 6.61 Å². The maximum Gasteiger partial charge on any atom is 0.317 e. The first kappa shape index (κ1) is 13.1. The molecule has 0 bridgehead atoms. The lowest BCUT2D eigenvalue weighted by Gasteiger charge is -2.28. The summed E-state index contributed by atoms with van der Waals surface area (Å²) in [5.74, 6) is 1.56. The number of carbonyl (C=O) groups excluding carboxylic acids is 1. The van der Waals surface area contributed by atoms with Crippen molar-refractivity contribution < 1.29 is 14.3 Å². The van der Waals surface area contributed by atoms with Crippen molar-refractivity contribution in [1.82, 2.24) is 10.2 Å². The molecule has 2 heterocycles. The van der Waals surface area contributed by atoms with E-state index in [1.165, 1.54) is 0 Å². The number of rotatable bonds is 2. The zero-order valence-corrected chi connectivity index (χ0v) is 11.7. The van der Waals surface area contributed by atoms with Gasteiger partial charge in [-0.15, -0.1) is 0 Å². The van der Waals surface area contributed by atoms with Gasteiger partial charge in [0, 0.05) is 18.7 Å². The first-order valence-electron chi connectivity index (χ1n) is 7.12. The first-order chi connectivity index (χ1) is 9.78. The molecule has 20 heavy (non-hydrogen) atoms. The number of nitrogens with one attached hydrogen (secondary N) is 1. The van der Waals surface area contributed by atoms with Gasteiger partial charge in [-0.3, -0.25) is 0 Å². The lowest BCUT2D eigenvalue weighted by Crippen LogP contribution is -2.48. The topological polar surface area (TPSA) is 50.8 Å². The molecule has 0 spiro atoms. The summed E-state index contributed by atoms with van der Waals surface area (Å²) in [7, 11) is 1.64. The summed E-state index contributed by atoms with van der Waals surface area (Å²) in [4.78, 5) is 14.0. The van der Waals surface area contributed by atoms with Crippen molar-refractivity contribution in [3.8, 4) is 11.5 Å². The molecule has 5 heteroatoms. The molecule has 2 amide bonds. The van der Waals surface area contributed by atoms with E-state index in [9.17, 15) is 4.79 Å². The van der Waals surface area contributed by atoms with Crippen LogP contribution in [0.2, 0.25) is 0 Å². The predicted octanol–water partition coefficient (Wildman–Crippen LogP) is 1.80. The lowest BCUT2D eigenvalue weighted by atomic mass is 10.0. The number of fused-ring (bicyclic) bond motifs is 1. The van der Waals surface area contributed by atoms with Gasteiger partial charge in [-0.25, -0.2) is 4.79 Å². The Morgan fingerprint density at radius 2 is 2.20 bits per heavy atom. The molecule has 0 unspecified atom stereocenters. The van der Waals surface area contributed by atoms with Crippen LogP contribution in [0.3, 0.4) is 0 Å². The molecule has 108 valence electrons. The summed E-state index contributed by atoms with van der Waals surface area (Å²) in [6.07, 6.45) is 3.00. The molecule has 1 saturated heterocycles. The van der Waals surface area contributed by atoms with E-state index < -0.39 is 0 Å². The van der Waals surface area contributed by atoms with E-state index in [-0.39, 0.29) is 12.1 Å². The second kappa shape index (κ2) is 5.61. The minimum absolute atomic E-state index is 0.0300. The molecule has 0 aromatic heterocycles. The van der Waals surface area contributed by atoms with E-state index in [4.69, 9.17) is 9.47 Å². The first-order valence-corrected chi connectivity index (χ1v) is 7.12. The van der Waals surface area contributed by atoms with Gasteiger partial charge in [-0.1, -0.05) is 12.1 Å². The van der Waals surface area contributed by atoms with Crippen molar-refractivity contribution >= 4 is 6.03 Å². The fourth-order valence-corrected chi connectivity index (χ4v) is 2.83. The minimum Gasteiger partial charge on any atom is -0.493 e. The largest absolute Gasteiger partial charge is 0.493 e. The van der Waals surface area contributed by atoms with Gasteiger partial charge in [0.25, 0.3) is 0 Å². The van der Waals surface area contributed by atoms with Crippen molar-refractivity contribution in [2.24, 2.45) is 0 Å². The van der Waals surface area contributed by atoms with Crippen LogP contribution in [0, 0.1) is 0 Å². The highest BCUT2D eigenvalue weighted by Crippen LogP contribution is 2.34. The van der Waals surface area contributed by atoms with Crippen molar-refractivity contribution in [3.05, 3.63) is 23.8 Å². The Morgan fingerprint density at radius 3 is 2.95 bits per heavy atom. The van der Waals surface area contributed by atoms with E-state index in [1.807, 2.05) is 23.1 Å². The highest BCUT2D eigenvalue weighted by atomic mass is 16.5. The van der Waals surface area contributed by atoms with Crippen molar-refractivity contribution in [1.29, 1.82) is 0 Å². The Hall–Kier alpha value is -1.91. The molecule has 1 fully saturated rings. The summed E-state index contributed by atoms with van der Waals surface area (Å²) in [5.41, 5.74) is 1.09. The number of nitrogens with zero attached hydrogens (tertiary/aromatic N) is 1. The van der Waals surface area contributed by atoms with Gasteiger partial charge < -0.3 is 19.7 Å². The monoisotopic (exact) mass is 276 g/mol. The number of amides is 2. The van der Waals surface area contributed by atoms with Crippen LogP contribution < -0.4 is 14.8 Å². The molecular formula is C15H20N2O3. The van der Waals surface area contributed by atoms with Crippen molar-refractivity contribution in [2.75, 3.05) is 26.8 Å². The van der Waals surface area contributed by atoms with Crippen LogP contribution in [-0.4, -0.2) is 43.8 Å². The van der Waals surface area contributed by atoms with Gasteiger partial charge in [-0.2, -0.15) is 0 Å². The molecule has 0 aliphatic carbocycles. The van der Waals surface area contributed by atoms with Crippen LogP contribution in [-0.2, 0) is 6.42 Å². The third kappa shape index (κ3) is 2.53. The molecule has 2 aliphatic heterocycles. The van der Waals surface area contributed by atoms with Gasteiger partial charge in [0.15, 0.2) is 11.5 Å². The summed E-state index contributed by atoms with van der Waals surface area (Å²) >= 11 is 0. The van der Waals surface area contributed by atoms with E-state index in [1.54, 1.807) is 7.11 Å². The molecular weight excluding hydrogens is 256 g/mol. The Bertz CT molecular complexity index is 498. The highest BCUT2D eigenvalue weighted by Gasteiger charge is 2.26. The minimum atomic E-state index is 0.0300. The molecule has 5 nitrogen and oxygen atoms in total. The van der Waals surface area contributed by atoms with Gasteiger partial charge in [-0.05, 0) is 25.3 Å². The maximum absolute atomic E-state index is 12.1. The summed E-state index contributed by atoms with van der Waals surface area (Å²) < 4.78 is 11.1. The van der Waals surface area contributed by atoms with Gasteiger partial charge in [0.05, 0.1) is 13.2 Å². The second-order valence-electron chi connectivity index (χ2n) is 5.30. The van der Waals surface area contributed by atoms with E-state index in [0.717, 1.165) is 49.4 Å². The molecule has 1 N–H and O–H groups in total. The van der Waals surface area contributed by atoms with Crippen molar-refractivity contribution in [3.63, 3.8) is 0 Å². The molecule has 3 rings (SSSR count). The molecule has 1 aromatic carbocycles. The number of hydrogen-bond acceptors (Lipinski definition) is 3. The van der Waals surface area contributed by atoms with Crippen LogP contribution in [0.1, 0.15) is 18.4 Å². The fourth-order valence-electron chi connectivity index (χ4n) is 2.83. The Morgan fingerprint density at radius 1 is 1.40 bits per heavy atom. The van der Waals surface area contributed by atoms with E-state index in [2.05, 4.69) is 5.32 Å². The number of urea groups is 1. The fraction of sp³-hybridized carbons (Fsp3) is 0.533. The van der Waals surface area contributed by atoms with Crippen LogP contribution in [0.5, 0.6) is 11.5 Å². The third-order valence-electron chi connectivity index (χ3n) is 3.90. The molecule has 0 radical (unpaired) electrons. The number of hydrogen-bond donors (Lipinski definition) is 1. The maximum atomic E-state index is 12.1. The second-order valence-corrected chi connectivity index (χ2v) is 5.30. The number of carbonyl (C=O) groups is 1. The quantitative estimate of drug-likeness (QED) is 0.896.